The van der Waals surface area contributed by atoms with Crippen LogP contribution in [0.5, 0.6) is 0 Å². The van der Waals surface area contributed by atoms with E-state index >= 15 is 0 Å². The Bertz CT molecular complexity index is 755. The van der Waals surface area contributed by atoms with Gasteiger partial charge in [0.05, 0.1) is 11.6 Å². The van der Waals surface area contributed by atoms with E-state index in [2.05, 4.69) is 9.97 Å². The highest BCUT2D eigenvalue weighted by atomic mass is 35.5. The van der Waals surface area contributed by atoms with E-state index in [1.807, 2.05) is 6.07 Å². The fourth-order valence-corrected chi connectivity index (χ4v) is 2.30. The van der Waals surface area contributed by atoms with Crippen molar-refractivity contribution in [3.8, 4) is 5.69 Å². The zero-order valence-corrected chi connectivity index (χ0v) is 11.2. The second-order valence-corrected chi connectivity index (χ2v) is 4.64. The van der Waals surface area contributed by atoms with Crippen molar-refractivity contribution in [1.29, 1.82) is 0 Å². The molecule has 0 fully saturated rings. The number of halogens is 3. The van der Waals surface area contributed by atoms with Crippen LogP contribution in [0.25, 0.3) is 16.9 Å². The molecule has 3 nitrogen and oxygen atoms in total. The normalized spacial score (nSPS) is 11.1. The monoisotopic (exact) mass is 295 g/mol. The molecule has 0 amide bonds. The van der Waals surface area contributed by atoms with Gasteiger partial charge < -0.3 is 0 Å². The number of hydrogen-bond donors (Lipinski definition) is 0. The van der Waals surface area contributed by atoms with Crippen molar-refractivity contribution < 1.29 is 4.39 Å². The van der Waals surface area contributed by atoms with Crippen LogP contribution in [-0.2, 0) is 5.88 Å². The SMILES string of the molecule is Fc1cc(Cl)ccc1-n1c(CCl)nc2cccnc21. The topological polar surface area (TPSA) is 30.7 Å². The number of aromatic nitrogens is 3. The third-order valence-corrected chi connectivity index (χ3v) is 3.23. The Morgan fingerprint density at radius 1 is 1.26 bits per heavy atom. The van der Waals surface area contributed by atoms with Crippen molar-refractivity contribution >= 4 is 34.4 Å². The molecule has 0 spiro atoms. The summed E-state index contributed by atoms with van der Waals surface area (Å²) >= 11 is 11.6. The smallest absolute Gasteiger partial charge is 0.164 e. The van der Waals surface area contributed by atoms with Gasteiger partial charge in [-0.2, -0.15) is 0 Å². The largest absolute Gasteiger partial charge is 0.277 e. The van der Waals surface area contributed by atoms with Gasteiger partial charge in [0.1, 0.15) is 17.2 Å². The lowest BCUT2D eigenvalue weighted by atomic mass is 10.3. The molecule has 2 heterocycles. The predicted molar refractivity (Wildman–Crippen MR) is 73.4 cm³/mol. The average molecular weight is 296 g/mol. The first-order valence-electron chi connectivity index (χ1n) is 5.54. The summed E-state index contributed by atoms with van der Waals surface area (Å²) in [6.45, 7) is 0. The molecule has 19 heavy (non-hydrogen) atoms. The first-order valence-corrected chi connectivity index (χ1v) is 6.45. The Morgan fingerprint density at radius 2 is 2.11 bits per heavy atom. The molecule has 0 aliphatic carbocycles. The molecule has 6 heteroatoms. The molecule has 3 rings (SSSR count). The number of alkyl halides is 1. The number of nitrogens with zero attached hydrogens (tertiary/aromatic N) is 3. The molecule has 0 atom stereocenters. The zero-order valence-electron chi connectivity index (χ0n) is 9.65. The number of pyridine rings is 1. The minimum absolute atomic E-state index is 0.165. The van der Waals surface area contributed by atoms with E-state index in [-0.39, 0.29) is 5.88 Å². The van der Waals surface area contributed by atoms with Gasteiger partial charge in [0.15, 0.2) is 5.65 Å². The molecule has 0 aliphatic rings. The third kappa shape index (κ3) is 2.07. The summed E-state index contributed by atoms with van der Waals surface area (Å²) in [5, 5.41) is 0.339. The Morgan fingerprint density at radius 3 is 2.84 bits per heavy atom. The van der Waals surface area contributed by atoms with Crippen LogP contribution in [0.3, 0.4) is 0 Å². The summed E-state index contributed by atoms with van der Waals surface area (Å²) in [6, 6.07) is 8.04. The van der Waals surface area contributed by atoms with Crippen molar-refractivity contribution in [2.45, 2.75) is 5.88 Å². The lowest BCUT2D eigenvalue weighted by molar-refractivity contribution is 0.617. The summed E-state index contributed by atoms with van der Waals surface area (Å²) in [4.78, 5) is 8.57. The number of benzene rings is 1. The van der Waals surface area contributed by atoms with Gasteiger partial charge in [-0.25, -0.2) is 14.4 Å². The van der Waals surface area contributed by atoms with Crippen molar-refractivity contribution in [1.82, 2.24) is 14.5 Å². The molecular formula is C13H8Cl2FN3. The minimum atomic E-state index is -0.441. The molecule has 1 aromatic carbocycles. The first-order chi connectivity index (χ1) is 9.20. The van der Waals surface area contributed by atoms with E-state index in [1.54, 1.807) is 29.0 Å². The molecular weight excluding hydrogens is 288 g/mol. The van der Waals surface area contributed by atoms with Gasteiger partial charge in [-0.3, -0.25) is 4.57 Å². The maximum Gasteiger partial charge on any atom is 0.164 e. The molecule has 2 aromatic heterocycles. The first kappa shape index (κ1) is 12.4. The summed E-state index contributed by atoms with van der Waals surface area (Å²) in [5.41, 5.74) is 1.58. The van der Waals surface area contributed by atoms with E-state index < -0.39 is 5.82 Å². The molecule has 0 N–H and O–H groups in total. The van der Waals surface area contributed by atoms with Crippen molar-refractivity contribution in [3.05, 3.63) is 53.2 Å². The van der Waals surface area contributed by atoms with E-state index in [1.165, 1.54) is 6.07 Å². The fourth-order valence-electron chi connectivity index (χ4n) is 1.96. The molecule has 0 saturated carbocycles. The fraction of sp³-hybridized carbons (Fsp3) is 0.0769. The van der Waals surface area contributed by atoms with Gasteiger partial charge in [-0.15, -0.1) is 11.6 Å². The van der Waals surface area contributed by atoms with E-state index in [0.717, 1.165) is 0 Å². The van der Waals surface area contributed by atoms with Gasteiger partial charge in [0, 0.05) is 11.2 Å². The summed E-state index contributed by atoms with van der Waals surface area (Å²) in [7, 11) is 0. The molecule has 0 saturated heterocycles. The quantitative estimate of drug-likeness (QED) is 0.670. The van der Waals surface area contributed by atoms with Crippen LogP contribution in [0.2, 0.25) is 5.02 Å². The number of rotatable bonds is 2. The van der Waals surface area contributed by atoms with Gasteiger partial charge in [0.25, 0.3) is 0 Å². The average Bonchev–Trinajstić information content (AvgIpc) is 2.77. The van der Waals surface area contributed by atoms with Gasteiger partial charge >= 0.3 is 0 Å². The van der Waals surface area contributed by atoms with Gasteiger partial charge in [0.2, 0.25) is 0 Å². The Labute approximate surface area is 118 Å². The Kier molecular flexibility index (Phi) is 3.12. The van der Waals surface area contributed by atoms with Crippen molar-refractivity contribution in [2.24, 2.45) is 0 Å². The van der Waals surface area contributed by atoms with Gasteiger partial charge in [-0.05, 0) is 30.3 Å². The molecule has 3 aromatic rings. The molecule has 0 bridgehead atoms. The maximum absolute atomic E-state index is 14.1. The summed E-state index contributed by atoms with van der Waals surface area (Å²) < 4.78 is 15.7. The number of imidazole rings is 1. The van der Waals surface area contributed by atoms with Crippen molar-refractivity contribution in [2.75, 3.05) is 0 Å². The van der Waals surface area contributed by atoms with Crippen LogP contribution in [0.15, 0.2) is 36.5 Å². The van der Waals surface area contributed by atoms with Crippen LogP contribution in [0.1, 0.15) is 5.82 Å². The van der Waals surface area contributed by atoms with Crippen LogP contribution in [0, 0.1) is 5.82 Å². The highest BCUT2D eigenvalue weighted by molar-refractivity contribution is 6.30. The maximum atomic E-state index is 14.1. The Balaban J connectivity index is 2.34. The Hall–Kier alpha value is -1.65. The summed E-state index contributed by atoms with van der Waals surface area (Å²) in [5.74, 6) is 0.263. The molecule has 0 unspecified atom stereocenters. The summed E-state index contributed by atoms with van der Waals surface area (Å²) in [6.07, 6.45) is 1.63. The third-order valence-electron chi connectivity index (χ3n) is 2.76. The van der Waals surface area contributed by atoms with E-state index in [0.29, 0.717) is 27.7 Å². The molecule has 0 aliphatic heterocycles. The highest BCUT2D eigenvalue weighted by Crippen LogP contribution is 2.24. The number of fused-ring (bicyclic) bond motifs is 1. The molecule has 96 valence electrons. The lowest BCUT2D eigenvalue weighted by Gasteiger charge is -2.08. The second kappa shape index (κ2) is 4.79. The minimum Gasteiger partial charge on any atom is -0.277 e. The highest BCUT2D eigenvalue weighted by Gasteiger charge is 2.15. The van der Waals surface area contributed by atoms with Crippen LogP contribution in [-0.4, -0.2) is 14.5 Å². The number of hydrogen-bond acceptors (Lipinski definition) is 2. The molecule has 0 radical (unpaired) electrons. The zero-order chi connectivity index (χ0) is 13.4. The van der Waals surface area contributed by atoms with Crippen LogP contribution < -0.4 is 0 Å². The van der Waals surface area contributed by atoms with Crippen LogP contribution in [0.4, 0.5) is 4.39 Å². The second-order valence-electron chi connectivity index (χ2n) is 3.94. The lowest BCUT2D eigenvalue weighted by Crippen LogP contribution is -2.02. The van der Waals surface area contributed by atoms with Crippen molar-refractivity contribution in [3.63, 3.8) is 0 Å². The van der Waals surface area contributed by atoms with E-state index in [4.69, 9.17) is 23.2 Å². The standard InChI is InChI=1S/C13H8Cl2FN3/c14-7-12-18-10-2-1-5-17-13(10)19(12)11-4-3-8(15)6-9(11)16/h1-6H,7H2. The van der Waals surface area contributed by atoms with E-state index in [9.17, 15) is 4.39 Å². The van der Waals surface area contributed by atoms with Gasteiger partial charge in [-0.1, -0.05) is 11.6 Å². The predicted octanol–water partition coefficient (Wildman–Crippen LogP) is 3.95. The van der Waals surface area contributed by atoms with Crippen LogP contribution >= 0.6 is 23.2 Å².